The van der Waals surface area contributed by atoms with Crippen LogP contribution in [-0.4, -0.2) is 18.3 Å². The molecule has 0 aromatic rings. The predicted octanol–water partition coefficient (Wildman–Crippen LogP) is 0.604. The predicted molar refractivity (Wildman–Crippen MR) is 30.5 cm³/mol. The minimum Gasteiger partial charge on any atom is -0.394 e. The summed E-state index contributed by atoms with van der Waals surface area (Å²) in [7, 11) is -1.74. The summed E-state index contributed by atoms with van der Waals surface area (Å²) in [5, 5.41) is 8.43. The van der Waals surface area contributed by atoms with Gasteiger partial charge in [-0.3, -0.25) is 0 Å². The Kier molecular flexibility index (Phi) is 3.21. The third kappa shape index (κ3) is 2.97. The van der Waals surface area contributed by atoms with E-state index in [0.717, 1.165) is 0 Å². The average Bonchev–Trinajstić information content (AvgIpc) is 1.36. The molecular formula is C2H6Cl2OSi. The highest BCUT2D eigenvalue weighted by Gasteiger charge is 2.07. The molecule has 0 aliphatic heterocycles. The van der Waals surface area contributed by atoms with Crippen molar-refractivity contribution in [1.29, 1.82) is 0 Å². The van der Waals surface area contributed by atoms with Crippen molar-refractivity contribution < 1.29 is 5.11 Å². The molecule has 0 radical (unpaired) electrons. The summed E-state index contributed by atoms with van der Waals surface area (Å²) >= 11 is 10.5. The molecule has 0 aromatic carbocycles. The van der Waals surface area contributed by atoms with Crippen LogP contribution in [0.3, 0.4) is 0 Å². The lowest BCUT2D eigenvalue weighted by Crippen LogP contribution is -2.14. The summed E-state index contributed by atoms with van der Waals surface area (Å²) in [6, 6.07) is 0. The Labute approximate surface area is 47.9 Å². The minimum absolute atomic E-state index is 0.478. The fraction of sp³-hybridized carbons (Fsp3) is 1.00. The maximum atomic E-state index is 8.43. The Hall–Kier alpha value is 0.757. The Morgan fingerprint density at radius 3 is 1.83 bits per heavy atom. The lowest BCUT2D eigenvalue weighted by atomic mass is 10.9. The molecule has 0 rings (SSSR count). The summed E-state index contributed by atoms with van der Waals surface area (Å²) < 4.78 is 0. The van der Waals surface area contributed by atoms with E-state index in [1.165, 1.54) is 0 Å². The van der Waals surface area contributed by atoms with Crippen LogP contribution in [0.1, 0.15) is 6.92 Å². The van der Waals surface area contributed by atoms with Gasteiger partial charge in [0, 0.05) is 0 Å². The molecule has 0 spiro atoms. The van der Waals surface area contributed by atoms with E-state index in [-0.39, 0.29) is 0 Å². The molecule has 1 unspecified atom stereocenters. The minimum atomic E-state index is -1.74. The SMILES string of the molecule is CC(O)[SiH](Cl)Cl. The first-order valence-corrected chi connectivity index (χ1v) is 5.76. The number of hydrogen-bond donors (Lipinski definition) is 1. The molecule has 0 saturated heterocycles. The summed E-state index contributed by atoms with van der Waals surface area (Å²) in [5.74, 6) is 0. The topological polar surface area (TPSA) is 20.2 Å². The van der Waals surface area contributed by atoms with E-state index in [9.17, 15) is 0 Å². The Morgan fingerprint density at radius 1 is 1.67 bits per heavy atom. The summed E-state index contributed by atoms with van der Waals surface area (Å²) in [6.45, 7) is 1.59. The normalized spacial score (nSPS) is 15.5. The van der Waals surface area contributed by atoms with E-state index in [4.69, 9.17) is 27.3 Å². The Bertz CT molecular complexity index is 32.5. The number of aliphatic hydroxyl groups is 1. The first-order valence-electron chi connectivity index (χ1n) is 1.61. The van der Waals surface area contributed by atoms with Crippen LogP contribution in [0, 0.1) is 0 Å². The van der Waals surface area contributed by atoms with Gasteiger partial charge in [-0.1, -0.05) is 0 Å². The fourth-order valence-electron chi connectivity index (χ4n) is 0. The van der Waals surface area contributed by atoms with Crippen LogP contribution in [0.15, 0.2) is 0 Å². The number of aliphatic hydroxyl groups excluding tert-OH is 1. The third-order valence-corrected chi connectivity index (χ3v) is 3.28. The van der Waals surface area contributed by atoms with Gasteiger partial charge < -0.3 is 5.11 Å². The molecule has 0 saturated carbocycles. The highest BCUT2D eigenvalue weighted by Crippen LogP contribution is 1.99. The first kappa shape index (κ1) is 6.76. The average molecular weight is 145 g/mol. The van der Waals surface area contributed by atoms with Crippen LogP contribution in [0.2, 0.25) is 0 Å². The van der Waals surface area contributed by atoms with Crippen LogP contribution in [0.4, 0.5) is 0 Å². The maximum Gasteiger partial charge on any atom is 0.264 e. The zero-order valence-electron chi connectivity index (χ0n) is 3.36. The van der Waals surface area contributed by atoms with Crippen molar-refractivity contribution in [3.8, 4) is 0 Å². The van der Waals surface area contributed by atoms with E-state index >= 15 is 0 Å². The number of hydrogen-bond acceptors (Lipinski definition) is 1. The highest BCUT2D eigenvalue weighted by atomic mass is 35.7. The molecule has 6 heavy (non-hydrogen) atoms. The van der Waals surface area contributed by atoms with Gasteiger partial charge in [0.2, 0.25) is 0 Å². The number of halogens is 2. The molecule has 1 N–H and O–H groups in total. The smallest absolute Gasteiger partial charge is 0.264 e. The van der Waals surface area contributed by atoms with Gasteiger partial charge in [0.25, 0.3) is 7.42 Å². The van der Waals surface area contributed by atoms with E-state index in [0.29, 0.717) is 0 Å². The zero-order valence-corrected chi connectivity index (χ0v) is 6.02. The van der Waals surface area contributed by atoms with Crippen LogP contribution in [0.25, 0.3) is 0 Å². The van der Waals surface area contributed by atoms with Crippen molar-refractivity contribution in [2.45, 2.75) is 12.7 Å². The van der Waals surface area contributed by atoms with Crippen molar-refractivity contribution >= 4 is 29.6 Å². The molecule has 0 fully saturated rings. The molecule has 0 amide bonds. The van der Waals surface area contributed by atoms with Gasteiger partial charge >= 0.3 is 0 Å². The standard InChI is InChI=1S/C2H6Cl2OSi/c1-2(5)6(3)4/h2,5-6H,1H3. The van der Waals surface area contributed by atoms with Crippen molar-refractivity contribution in [3.05, 3.63) is 0 Å². The second-order valence-corrected chi connectivity index (χ2v) is 6.20. The van der Waals surface area contributed by atoms with Crippen LogP contribution < -0.4 is 0 Å². The van der Waals surface area contributed by atoms with E-state index in [1.54, 1.807) is 6.92 Å². The summed E-state index contributed by atoms with van der Waals surface area (Å²) in [5.41, 5.74) is -0.478. The van der Waals surface area contributed by atoms with Gasteiger partial charge in [-0.2, -0.15) is 0 Å². The van der Waals surface area contributed by atoms with Crippen LogP contribution >= 0.6 is 22.2 Å². The second kappa shape index (κ2) is 2.85. The van der Waals surface area contributed by atoms with Gasteiger partial charge in [-0.15, -0.1) is 22.2 Å². The summed E-state index contributed by atoms with van der Waals surface area (Å²) in [6.07, 6.45) is 0. The molecule has 0 aliphatic carbocycles. The molecular weight excluding hydrogens is 139 g/mol. The molecule has 0 aromatic heterocycles. The van der Waals surface area contributed by atoms with E-state index < -0.39 is 13.1 Å². The monoisotopic (exact) mass is 144 g/mol. The first-order chi connectivity index (χ1) is 2.64. The van der Waals surface area contributed by atoms with Crippen molar-refractivity contribution in [1.82, 2.24) is 0 Å². The van der Waals surface area contributed by atoms with Gasteiger partial charge in [0.05, 0.1) is 5.73 Å². The quantitative estimate of drug-likeness (QED) is 0.423. The second-order valence-electron chi connectivity index (χ2n) is 1.08. The maximum absolute atomic E-state index is 8.43. The Balaban J connectivity index is 2.99. The lowest BCUT2D eigenvalue weighted by Gasteiger charge is -1.97. The van der Waals surface area contributed by atoms with Crippen LogP contribution in [-0.2, 0) is 0 Å². The van der Waals surface area contributed by atoms with Gasteiger partial charge in [0.15, 0.2) is 0 Å². The fourth-order valence-corrected chi connectivity index (χ4v) is 0. The van der Waals surface area contributed by atoms with Crippen molar-refractivity contribution in [3.63, 3.8) is 0 Å². The molecule has 0 bridgehead atoms. The lowest BCUT2D eigenvalue weighted by molar-refractivity contribution is 0.273. The third-order valence-electron chi connectivity index (χ3n) is 0.365. The molecule has 0 aliphatic rings. The molecule has 1 atom stereocenters. The van der Waals surface area contributed by atoms with Crippen molar-refractivity contribution in [2.24, 2.45) is 0 Å². The molecule has 0 heterocycles. The zero-order chi connectivity index (χ0) is 5.15. The van der Waals surface area contributed by atoms with Crippen molar-refractivity contribution in [2.75, 3.05) is 0 Å². The van der Waals surface area contributed by atoms with E-state index in [2.05, 4.69) is 0 Å². The van der Waals surface area contributed by atoms with Crippen LogP contribution in [0.5, 0.6) is 0 Å². The molecule has 4 heteroatoms. The molecule has 1 nitrogen and oxygen atoms in total. The van der Waals surface area contributed by atoms with Gasteiger partial charge in [-0.25, -0.2) is 0 Å². The van der Waals surface area contributed by atoms with E-state index in [1.807, 2.05) is 0 Å². The summed E-state index contributed by atoms with van der Waals surface area (Å²) in [4.78, 5) is 0. The molecule has 38 valence electrons. The largest absolute Gasteiger partial charge is 0.394 e. The highest BCUT2D eigenvalue weighted by molar-refractivity contribution is 7.34. The van der Waals surface area contributed by atoms with Gasteiger partial charge in [-0.05, 0) is 6.92 Å². The number of rotatable bonds is 1. The Morgan fingerprint density at radius 2 is 1.83 bits per heavy atom. The van der Waals surface area contributed by atoms with Gasteiger partial charge in [0.1, 0.15) is 0 Å².